The molecule has 0 aliphatic heterocycles. The first-order valence-corrected chi connectivity index (χ1v) is 6.89. The Hall–Kier alpha value is -2.34. The molecule has 1 aromatic carbocycles. The van der Waals surface area contributed by atoms with Crippen LogP contribution in [0.15, 0.2) is 34.2 Å². The zero-order valence-corrected chi connectivity index (χ0v) is 11.9. The minimum absolute atomic E-state index is 0.418. The Morgan fingerprint density at radius 2 is 2.10 bits per heavy atom. The summed E-state index contributed by atoms with van der Waals surface area (Å²) in [4.78, 5) is 4.39. The molecule has 0 atom stereocenters. The summed E-state index contributed by atoms with van der Waals surface area (Å²) in [6.45, 7) is 2.00. The highest BCUT2D eigenvalue weighted by Crippen LogP contribution is 2.33. The van der Waals surface area contributed by atoms with Gasteiger partial charge in [-0.15, -0.1) is 11.3 Å². The summed E-state index contributed by atoms with van der Waals surface area (Å²) in [6.07, 6.45) is 0. The number of nitrogen functional groups attached to an aromatic ring is 1. The Morgan fingerprint density at radius 3 is 2.80 bits per heavy atom. The summed E-state index contributed by atoms with van der Waals surface area (Å²) in [7, 11) is 1.62. The van der Waals surface area contributed by atoms with Gasteiger partial charge in [0.2, 0.25) is 5.82 Å². The van der Waals surface area contributed by atoms with Crippen LogP contribution in [-0.4, -0.2) is 17.3 Å². The molecule has 102 valence electrons. The molecule has 0 spiro atoms. The fraction of sp³-hybridized carbons (Fsp3) is 0.143. The van der Waals surface area contributed by atoms with Crippen LogP contribution < -0.4 is 10.5 Å². The molecule has 0 saturated heterocycles. The van der Waals surface area contributed by atoms with Gasteiger partial charge >= 0.3 is 0 Å². The Balaban J connectivity index is 2.05. The van der Waals surface area contributed by atoms with Crippen LogP contribution in [0.2, 0.25) is 0 Å². The van der Waals surface area contributed by atoms with E-state index in [0.717, 1.165) is 22.4 Å². The number of thiophene rings is 1. The first-order chi connectivity index (χ1) is 9.69. The standard InChI is InChI=1S/C14H13N3O2S/c1-8-3-4-9(11(7-8)18-2)13-16-14(19-17-13)10-5-6-20-12(10)15/h3-7H,15H2,1-2H3. The number of nitrogens with two attached hydrogens (primary N) is 1. The number of aryl methyl sites for hydroxylation is 1. The molecule has 0 unspecified atom stereocenters. The topological polar surface area (TPSA) is 74.2 Å². The number of rotatable bonds is 3. The van der Waals surface area contributed by atoms with Gasteiger partial charge in [-0.1, -0.05) is 11.2 Å². The number of nitrogens with zero attached hydrogens (tertiary/aromatic N) is 2. The van der Waals surface area contributed by atoms with Crippen LogP contribution in [-0.2, 0) is 0 Å². The summed E-state index contributed by atoms with van der Waals surface area (Å²) >= 11 is 1.44. The third-order valence-corrected chi connectivity index (χ3v) is 3.70. The predicted molar refractivity (Wildman–Crippen MR) is 78.7 cm³/mol. The monoisotopic (exact) mass is 287 g/mol. The van der Waals surface area contributed by atoms with Crippen molar-refractivity contribution >= 4 is 16.3 Å². The summed E-state index contributed by atoms with van der Waals surface area (Å²) in [5.74, 6) is 1.62. The third kappa shape index (κ3) is 2.14. The van der Waals surface area contributed by atoms with E-state index in [0.29, 0.717) is 16.7 Å². The van der Waals surface area contributed by atoms with E-state index >= 15 is 0 Å². The Labute approximate surface area is 120 Å². The fourth-order valence-electron chi connectivity index (χ4n) is 1.92. The minimum atomic E-state index is 0.418. The molecule has 2 N–H and O–H groups in total. The lowest BCUT2D eigenvalue weighted by atomic mass is 10.1. The van der Waals surface area contributed by atoms with Crippen molar-refractivity contribution in [1.82, 2.24) is 10.1 Å². The van der Waals surface area contributed by atoms with Gasteiger partial charge in [-0.3, -0.25) is 0 Å². The molecule has 0 radical (unpaired) electrons. The number of hydrogen-bond acceptors (Lipinski definition) is 6. The van der Waals surface area contributed by atoms with Crippen molar-refractivity contribution in [1.29, 1.82) is 0 Å². The first kappa shape index (κ1) is 12.7. The zero-order chi connectivity index (χ0) is 14.1. The molecule has 6 heteroatoms. The second-order valence-electron chi connectivity index (χ2n) is 4.33. The van der Waals surface area contributed by atoms with Gasteiger partial charge < -0.3 is 15.0 Å². The van der Waals surface area contributed by atoms with E-state index in [1.165, 1.54) is 11.3 Å². The molecular weight excluding hydrogens is 274 g/mol. The number of hydrogen-bond donors (Lipinski definition) is 1. The Morgan fingerprint density at radius 1 is 1.25 bits per heavy atom. The SMILES string of the molecule is COc1cc(C)ccc1-c1noc(-c2ccsc2N)n1. The van der Waals surface area contributed by atoms with E-state index < -0.39 is 0 Å². The summed E-state index contributed by atoms with van der Waals surface area (Å²) in [5, 5.41) is 6.56. The van der Waals surface area contributed by atoms with Gasteiger partial charge in [0.1, 0.15) is 5.75 Å². The van der Waals surface area contributed by atoms with Crippen LogP contribution in [0.1, 0.15) is 5.56 Å². The van der Waals surface area contributed by atoms with Gasteiger partial charge in [0.05, 0.1) is 23.2 Å². The van der Waals surface area contributed by atoms with Crippen molar-refractivity contribution < 1.29 is 9.26 Å². The van der Waals surface area contributed by atoms with E-state index in [1.54, 1.807) is 7.11 Å². The quantitative estimate of drug-likeness (QED) is 0.799. The van der Waals surface area contributed by atoms with Crippen molar-refractivity contribution in [3.05, 3.63) is 35.2 Å². The predicted octanol–water partition coefficient (Wildman–Crippen LogP) is 3.36. The highest BCUT2D eigenvalue weighted by atomic mass is 32.1. The van der Waals surface area contributed by atoms with Crippen molar-refractivity contribution in [2.24, 2.45) is 0 Å². The lowest BCUT2D eigenvalue weighted by molar-refractivity contribution is 0.413. The molecule has 0 aliphatic rings. The molecule has 0 saturated carbocycles. The maximum Gasteiger partial charge on any atom is 0.261 e. The van der Waals surface area contributed by atoms with Gasteiger partial charge in [0.25, 0.3) is 5.89 Å². The second kappa shape index (κ2) is 4.97. The van der Waals surface area contributed by atoms with Crippen molar-refractivity contribution in [2.45, 2.75) is 6.92 Å². The normalized spacial score (nSPS) is 10.7. The fourth-order valence-corrected chi connectivity index (χ4v) is 2.56. The van der Waals surface area contributed by atoms with E-state index in [2.05, 4.69) is 10.1 Å². The van der Waals surface area contributed by atoms with Gasteiger partial charge in [0.15, 0.2) is 0 Å². The second-order valence-corrected chi connectivity index (χ2v) is 5.27. The highest BCUT2D eigenvalue weighted by Gasteiger charge is 2.16. The van der Waals surface area contributed by atoms with Crippen LogP contribution in [0.3, 0.4) is 0 Å². The lowest BCUT2D eigenvalue weighted by Gasteiger charge is -2.05. The maximum absolute atomic E-state index is 5.86. The highest BCUT2D eigenvalue weighted by molar-refractivity contribution is 7.14. The summed E-state index contributed by atoms with van der Waals surface area (Å²) < 4.78 is 10.6. The minimum Gasteiger partial charge on any atom is -0.496 e. The van der Waals surface area contributed by atoms with Crippen molar-refractivity contribution in [2.75, 3.05) is 12.8 Å². The zero-order valence-electron chi connectivity index (χ0n) is 11.1. The molecule has 2 aromatic heterocycles. The van der Waals surface area contributed by atoms with Gasteiger partial charge in [-0.2, -0.15) is 4.98 Å². The largest absolute Gasteiger partial charge is 0.496 e. The van der Waals surface area contributed by atoms with Crippen LogP contribution in [0, 0.1) is 6.92 Å². The van der Waals surface area contributed by atoms with E-state index in [4.69, 9.17) is 15.0 Å². The van der Waals surface area contributed by atoms with Crippen LogP contribution >= 0.6 is 11.3 Å². The van der Waals surface area contributed by atoms with E-state index in [-0.39, 0.29) is 0 Å². The van der Waals surface area contributed by atoms with Crippen LogP contribution in [0.5, 0.6) is 5.75 Å². The molecular formula is C14H13N3O2S. The number of methoxy groups -OCH3 is 1. The molecule has 20 heavy (non-hydrogen) atoms. The van der Waals surface area contributed by atoms with Gasteiger partial charge in [-0.25, -0.2) is 0 Å². The average Bonchev–Trinajstić information content (AvgIpc) is 3.07. The number of aromatic nitrogens is 2. The molecule has 5 nitrogen and oxygen atoms in total. The van der Waals surface area contributed by atoms with Crippen LogP contribution in [0.25, 0.3) is 22.8 Å². The summed E-state index contributed by atoms with van der Waals surface area (Å²) in [6, 6.07) is 7.70. The van der Waals surface area contributed by atoms with Crippen molar-refractivity contribution in [3.8, 4) is 28.6 Å². The molecule has 0 amide bonds. The Kier molecular flexibility index (Phi) is 3.15. The number of ether oxygens (including phenoxy) is 1. The summed E-state index contributed by atoms with van der Waals surface area (Å²) in [5.41, 5.74) is 8.53. The molecule has 0 bridgehead atoms. The van der Waals surface area contributed by atoms with Crippen molar-refractivity contribution in [3.63, 3.8) is 0 Å². The van der Waals surface area contributed by atoms with Crippen LogP contribution in [0.4, 0.5) is 5.00 Å². The smallest absolute Gasteiger partial charge is 0.261 e. The first-order valence-electron chi connectivity index (χ1n) is 6.01. The lowest BCUT2D eigenvalue weighted by Crippen LogP contribution is -1.90. The third-order valence-electron chi connectivity index (χ3n) is 2.95. The molecule has 3 aromatic rings. The van der Waals surface area contributed by atoms with E-state index in [9.17, 15) is 0 Å². The number of benzene rings is 1. The Bertz CT molecular complexity index is 748. The maximum atomic E-state index is 5.86. The average molecular weight is 287 g/mol. The molecule has 3 rings (SSSR count). The number of anilines is 1. The molecule has 0 aliphatic carbocycles. The molecule has 2 heterocycles. The van der Waals surface area contributed by atoms with Gasteiger partial charge in [-0.05, 0) is 36.1 Å². The van der Waals surface area contributed by atoms with E-state index in [1.807, 2.05) is 36.6 Å². The molecule has 0 fully saturated rings. The van der Waals surface area contributed by atoms with Gasteiger partial charge in [0, 0.05) is 0 Å².